The van der Waals surface area contributed by atoms with Crippen molar-refractivity contribution in [2.45, 2.75) is 26.2 Å². The molecule has 3 aromatic rings. The number of nitrogens with zero attached hydrogens (tertiary/aromatic N) is 1. The lowest BCUT2D eigenvalue weighted by atomic mass is 10.2. The Morgan fingerprint density at radius 3 is 2.76 bits per heavy atom. The highest BCUT2D eigenvalue weighted by Crippen LogP contribution is 2.20. The molecule has 0 spiro atoms. The molecular formula is C20H21NO4. The quantitative estimate of drug-likeness (QED) is 0.748. The Labute approximate surface area is 146 Å². The highest BCUT2D eigenvalue weighted by atomic mass is 16.5. The largest absolute Gasteiger partial charge is 0.481 e. The Morgan fingerprint density at radius 1 is 1.20 bits per heavy atom. The second-order valence-electron chi connectivity index (χ2n) is 6.01. The van der Waals surface area contributed by atoms with Gasteiger partial charge in [0.2, 0.25) is 0 Å². The van der Waals surface area contributed by atoms with E-state index in [4.69, 9.17) is 9.15 Å². The Balaban J connectivity index is 1.64. The highest BCUT2D eigenvalue weighted by molar-refractivity contribution is 5.81. The van der Waals surface area contributed by atoms with Gasteiger partial charge in [-0.2, -0.15) is 0 Å². The molecule has 5 heteroatoms. The minimum atomic E-state index is -0.636. The van der Waals surface area contributed by atoms with E-state index < -0.39 is 6.10 Å². The average Bonchev–Trinajstić information content (AvgIpc) is 3.03. The number of rotatable bonds is 6. The number of para-hydroxylation sites is 1. The Hall–Kier alpha value is -2.79. The molecule has 1 unspecified atom stereocenters. The molecule has 1 atom stereocenters. The topological polar surface area (TPSA) is 62.9 Å². The van der Waals surface area contributed by atoms with Crippen molar-refractivity contribution in [1.29, 1.82) is 0 Å². The molecule has 0 bridgehead atoms. The van der Waals surface area contributed by atoms with Crippen LogP contribution in [-0.2, 0) is 17.9 Å². The van der Waals surface area contributed by atoms with E-state index in [-0.39, 0.29) is 12.5 Å². The van der Waals surface area contributed by atoms with E-state index in [1.54, 1.807) is 43.1 Å². The molecule has 1 aromatic heterocycles. The van der Waals surface area contributed by atoms with E-state index in [2.05, 4.69) is 0 Å². The van der Waals surface area contributed by atoms with Crippen LogP contribution in [0.2, 0.25) is 0 Å². The van der Waals surface area contributed by atoms with Gasteiger partial charge in [-0.25, -0.2) is 0 Å². The number of carbonyl (C=O) groups excluding carboxylic acids is 1. The summed E-state index contributed by atoms with van der Waals surface area (Å²) in [7, 11) is 1.72. The Bertz CT molecular complexity index is 838. The van der Waals surface area contributed by atoms with Gasteiger partial charge in [-0.1, -0.05) is 30.3 Å². The zero-order valence-electron chi connectivity index (χ0n) is 14.3. The lowest BCUT2D eigenvalue weighted by Crippen LogP contribution is -2.37. The minimum Gasteiger partial charge on any atom is -0.481 e. The van der Waals surface area contributed by atoms with Crippen LogP contribution in [0.5, 0.6) is 5.75 Å². The van der Waals surface area contributed by atoms with Crippen molar-refractivity contribution in [3.8, 4) is 5.75 Å². The van der Waals surface area contributed by atoms with Crippen LogP contribution in [0.25, 0.3) is 11.0 Å². The molecule has 0 fully saturated rings. The first-order valence-electron chi connectivity index (χ1n) is 8.15. The van der Waals surface area contributed by atoms with E-state index in [0.29, 0.717) is 12.3 Å². The van der Waals surface area contributed by atoms with Gasteiger partial charge in [0.15, 0.2) is 6.10 Å². The summed E-state index contributed by atoms with van der Waals surface area (Å²) in [5.74, 6) is 1.14. The summed E-state index contributed by atoms with van der Waals surface area (Å²) in [6.07, 6.45) is -0.636. The SMILES string of the molecule is CC(Oc1cccc(CO)c1)C(=O)N(C)Cc1cc2ccccc2o1. The minimum absolute atomic E-state index is 0.0640. The monoisotopic (exact) mass is 339 g/mol. The number of likely N-dealkylation sites (N-methyl/N-ethyl adjacent to an activating group) is 1. The van der Waals surface area contributed by atoms with Crippen LogP contribution < -0.4 is 4.74 Å². The fourth-order valence-electron chi connectivity index (χ4n) is 2.71. The molecule has 0 aliphatic carbocycles. The van der Waals surface area contributed by atoms with Gasteiger partial charge in [0.1, 0.15) is 17.1 Å². The van der Waals surface area contributed by atoms with Crippen LogP contribution >= 0.6 is 0 Å². The summed E-state index contributed by atoms with van der Waals surface area (Å²) in [6.45, 7) is 2.02. The summed E-state index contributed by atoms with van der Waals surface area (Å²) in [5, 5.41) is 10.2. The number of furan rings is 1. The molecule has 5 nitrogen and oxygen atoms in total. The van der Waals surface area contributed by atoms with E-state index in [0.717, 1.165) is 22.3 Å². The maximum absolute atomic E-state index is 12.5. The number of ether oxygens (including phenoxy) is 1. The van der Waals surface area contributed by atoms with E-state index in [1.807, 2.05) is 30.3 Å². The van der Waals surface area contributed by atoms with Crippen molar-refractivity contribution in [3.05, 3.63) is 65.9 Å². The lowest BCUT2D eigenvalue weighted by molar-refractivity contribution is -0.137. The third-order valence-corrected chi connectivity index (χ3v) is 3.99. The van der Waals surface area contributed by atoms with Crippen LogP contribution in [0, 0.1) is 0 Å². The van der Waals surface area contributed by atoms with Gasteiger partial charge in [0.05, 0.1) is 13.2 Å². The van der Waals surface area contributed by atoms with Crippen LogP contribution in [0.15, 0.2) is 59.0 Å². The van der Waals surface area contributed by atoms with E-state index in [1.165, 1.54) is 0 Å². The van der Waals surface area contributed by atoms with Gasteiger partial charge < -0.3 is 19.2 Å². The smallest absolute Gasteiger partial charge is 0.263 e. The molecule has 2 aromatic carbocycles. The molecule has 25 heavy (non-hydrogen) atoms. The summed E-state index contributed by atoms with van der Waals surface area (Å²) in [4.78, 5) is 14.1. The van der Waals surface area contributed by atoms with Crippen molar-refractivity contribution in [2.75, 3.05) is 7.05 Å². The van der Waals surface area contributed by atoms with Crippen molar-refractivity contribution in [3.63, 3.8) is 0 Å². The summed E-state index contributed by atoms with van der Waals surface area (Å²) >= 11 is 0. The Kier molecular flexibility index (Phi) is 5.05. The van der Waals surface area contributed by atoms with Gasteiger partial charge in [-0.3, -0.25) is 4.79 Å². The summed E-state index contributed by atoms with van der Waals surface area (Å²) < 4.78 is 11.5. The van der Waals surface area contributed by atoms with Crippen molar-refractivity contribution in [2.24, 2.45) is 0 Å². The molecular weight excluding hydrogens is 318 g/mol. The number of fused-ring (bicyclic) bond motifs is 1. The second kappa shape index (κ2) is 7.40. The first-order valence-corrected chi connectivity index (χ1v) is 8.15. The number of benzene rings is 2. The Morgan fingerprint density at radius 2 is 2.00 bits per heavy atom. The van der Waals surface area contributed by atoms with Crippen molar-refractivity contribution >= 4 is 16.9 Å². The zero-order chi connectivity index (χ0) is 17.8. The molecule has 0 radical (unpaired) electrons. The maximum atomic E-state index is 12.5. The van der Waals surface area contributed by atoms with Crippen LogP contribution in [-0.4, -0.2) is 29.1 Å². The zero-order valence-corrected chi connectivity index (χ0v) is 14.3. The van der Waals surface area contributed by atoms with Crippen LogP contribution in [0.1, 0.15) is 18.2 Å². The van der Waals surface area contributed by atoms with Crippen molar-refractivity contribution < 1.29 is 19.1 Å². The highest BCUT2D eigenvalue weighted by Gasteiger charge is 2.20. The standard InChI is InChI=1S/C20H21NO4/c1-14(24-17-8-5-6-15(10-17)13-22)20(23)21(2)12-18-11-16-7-3-4-9-19(16)25-18/h3-11,14,22H,12-13H2,1-2H3. The van der Waals surface area contributed by atoms with E-state index in [9.17, 15) is 9.90 Å². The third kappa shape index (κ3) is 4.00. The molecule has 0 saturated carbocycles. The first-order chi connectivity index (χ1) is 12.1. The van der Waals surface area contributed by atoms with Crippen LogP contribution in [0.3, 0.4) is 0 Å². The molecule has 0 aliphatic heterocycles. The van der Waals surface area contributed by atoms with Gasteiger partial charge in [-0.05, 0) is 36.8 Å². The number of aliphatic hydroxyl groups is 1. The number of carbonyl (C=O) groups is 1. The van der Waals surface area contributed by atoms with Gasteiger partial charge in [0, 0.05) is 12.4 Å². The fourth-order valence-corrected chi connectivity index (χ4v) is 2.71. The molecule has 0 saturated heterocycles. The molecule has 0 aliphatic rings. The van der Waals surface area contributed by atoms with Gasteiger partial charge in [-0.15, -0.1) is 0 Å². The predicted molar refractivity (Wildman–Crippen MR) is 95.1 cm³/mol. The number of hydrogen-bond donors (Lipinski definition) is 1. The maximum Gasteiger partial charge on any atom is 0.263 e. The summed E-state index contributed by atoms with van der Waals surface area (Å²) in [5.41, 5.74) is 1.55. The van der Waals surface area contributed by atoms with E-state index >= 15 is 0 Å². The second-order valence-corrected chi connectivity index (χ2v) is 6.01. The van der Waals surface area contributed by atoms with Crippen LogP contribution in [0.4, 0.5) is 0 Å². The number of amides is 1. The fraction of sp³-hybridized carbons (Fsp3) is 0.250. The summed E-state index contributed by atoms with van der Waals surface area (Å²) in [6, 6.07) is 16.8. The molecule has 1 amide bonds. The third-order valence-electron chi connectivity index (χ3n) is 3.99. The number of hydrogen-bond acceptors (Lipinski definition) is 4. The molecule has 130 valence electrons. The number of aliphatic hydroxyl groups excluding tert-OH is 1. The molecule has 3 rings (SSSR count). The lowest BCUT2D eigenvalue weighted by Gasteiger charge is -2.21. The predicted octanol–water partition coefficient (Wildman–Crippen LogP) is 3.35. The molecule has 1 N–H and O–H groups in total. The van der Waals surface area contributed by atoms with Gasteiger partial charge >= 0.3 is 0 Å². The van der Waals surface area contributed by atoms with Gasteiger partial charge in [0.25, 0.3) is 5.91 Å². The average molecular weight is 339 g/mol. The molecule has 1 heterocycles. The normalized spacial score (nSPS) is 12.1. The first kappa shape index (κ1) is 17.0. The van der Waals surface area contributed by atoms with Crippen molar-refractivity contribution in [1.82, 2.24) is 4.90 Å².